The SMILES string of the molecule is CC.CC.CC.CC.CC.CC.CC.CC.CC.Cc1cc(C)ncn1.Cc1ccn(C)n1.Cc1ccnc(C)n1.Cc1ccnc(C)n1.Cc1cnc(C)cn1.Cc1cnc(C)cn1.Cc1cnc(C)nc1.Cc1cnc(C)nc1.Cc1cncc(C)n1. The minimum absolute atomic E-state index is 0.829. The number of aryl methyl sites for hydroxylation is 18. The van der Waals surface area contributed by atoms with Crippen molar-refractivity contribution in [2.45, 2.75) is 242 Å². The predicted octanol–water partition coefficient (Wildman–Crippen LogP) is 18.7. The topological polar surface area (TPSA) is 224 Å². The Hall–Kier alpha value is -8.15. The molecule has 9 aromatic heterocycles. The molecule has 9 aromatic rings. The molecule has 9 rings (SSSR count). The van der Waals surface area contributed by atoms with Crippen molar-refractivity contribution in [3.63, 3.8) is 0 Å². The Kier molecular flexibility index (Phi) is 85.2. The molecule has 9 heterocycles. The van der Waals surface area contributed by atoms with Crippen molar-refractivity contribution in [2.75, 3.05) is 0 Å². The zero-order valence-corrected chi connectivity index (χ0v) is 62.9. The highest BCUT2D eigenvalue weighted by Crippen LogP contribution is 1.95. The third-order valence-corrected chi connectivity index (χ3v) is 8.13. The molecule has 0 unspecified atom stereocenters. The van der Waals surface area contributed by atoms with Crippen LogP contribution in [0.3, 0.4) is 0 Å². The molecule has 18 heteroatoms. The van der Waals surface area contributed by atoms with Crippen LogP contribution in [-0.2, 0) is 7.05 Å². The van der Waals surface area contributed by atoms with Crippen LogP contribution in [0.5, 0.6) is 0 Å². The van der Waals surface area contributed by atoms with Gasteiger partial charge in [-0.3, -0.25) is 34.6 Å². The van der Waals surface area contributed by atoms with Crippen LogP contribution in [0.25, 0.3) is 0 Å². The van der Waals surface area contributed by atoms with Gasteiger partial charge >= 0.3 is 0 Å². The van der Waals surface area contributed by atoms with Crippen molar-refractivity contribution in [1.29, 1.82) is 0 Å². The standard InChI is InChI=1S/8C6H8N2.C5H8N2.9C2H6/c2*1-5-3-8-6(2)4-7-5;1-5-3-7-4-6(2)8-5;1-5-3-6(2)8-4-7-5;2*1-5-3-7-6(2)8-4-5;2*1-5-3-4-7-6(2)8-5;1-5-3-4-7(2)6-5;9*1-2/h8*3-4H,1-2H3;3-4H,1-2H3;9*1-2H3. The first-order valence-corrected chi connectivity index (χ1v) is 31.6. The molecule has 0 aliphatic carbocycles. The summed E-state index contributed by atoms with van der Waals surface area (Å²) in [6, 6.07) is 7.68. The molecule has 0 aliphatic rings. The second-order valence-electron chi connectivity index (χ2n) is 15.9. The summed E-state index contributed by atoms with van der Waals surface area (Å²) in [6.45, 7) is 68.8. The lowest BCUT2D eigenvalue weighted by Crippen LogP contribution is -1.86. The van der Waals surface area contributed by atoms with Crippen molar-refractivity contribution in [3.8, 4) is 0 Å². The fourth-order valence-electron chi connectivity index (χ4n) is 4.69. The molecule has 0 radical (unpaired) electrons. The van der Waals surface area contributed by atoms with Gasteiger partial charge < -0.3 is 0 Å². The van der Waals surface area contributed by atoms with Crippen LogP contribution in [0.2, 0.25) is 0 Å². The van der Waals surface area contributed by atoms with E-state index in [1.807, 2.05) is 305 Å². The van der Waals surface area contributed by atoms with E-state index in [2.05, 4.69) is 84.8 Å². The Balaban J connectivity index is -0.000000112. The molecule has 0 atom stereocenters. The summed E-state index contributed by atoms with van der Waals surface area (Å²) < 4.78 is 1.79. The van der Waals surface area contributed by atoms with E-state index in [4.69, 9.17) is 0 Å². The van der Waals surface area contributed by atoms with Gasteiger partial charge in [0, 0.05) is 110 Å². The Morgan fingerprint density at radius 2 is 0.539 bits per heavy atom. The van der Waals surface area contributed by atoms with Gasteiger partial charge in [0.15, 0.2) is 0 Å². The Bertz CT molecular complexity index is 2270. The van der Waals surface area contributed by atoms with Crippen LogP contribution in [0.4, 0.5) is 0 Å². The average Bonchev–Trinajstić information content (AvgIpc) is 3.95. The van der Waals surface area contributed by atoms with Crippen LogP contribution >= 0.6 is 0 Å². The first-order chi connectivity index (χ1) is 42.6. The van der Waals surface area contributed by atoms with E-state index in [-0.39, 0.29) is 0 Å². The van der Waals surface area contributed by atoms with Crippen molar-refractivity contribution < 1.29 is 0 Å². The van der Waals surface area contributed by atoms with Gasteiger partial charge in [0.2, 0.25) is 0 Å². The van der Waals surface area contributed by atoms with E-state index in [1.165, 1.54) is 0 Å². The first-order valence-electron chi connectivity index (χ1n) is 31.6. The lowest BCUT2D eigenvalue weighted by atomic mass is 10.4. The smallest absolute Gasteiger partial charge is 0.125 e. The molecule has 18 nitrogen and oxygen atoms in total. The molecule has 0 amide bonds. The Morgan fingerprint density at radius 3 is 0.685 bits per heavy atom. The van der Waals surface area contributed by atoms with Crippen LogP contribution in [0, 0.1) is 118 Å². The lowest BCUT2D eigenvalue weighted by molar-refractivity contribution is 0.756. The summed E-state index contributed by atoms with van der Waals surface area (Å²) in [4.78, 5) is 63.8. The molecule has 0 saturated heterocycles. The highest BCUT2D eigenvalue weighted by Gasteiger charge is 1.89. The summed E-state index contributed by atoms with van der Waals surface area (Å²) in [5, 5.41) is 4.03. The van der Waals surface area contributed by atoms with Gasteiger partial charge in [0.1, 0.15) is 29.6 Å². The molecule has 0 aliphatic heterocycles. The summed E-state index contributed by atoms with van der Waals surface area (Å²) in [7, 11) is 1.91. The van der Waals surface area contributed by atoms with E-state index in [9.17, 15) is 0 Å². The number of hydrogen-bond donors (Lipinski definition) is 0. The number of hydrogen-bond acceptors (Lipinski definition) is 17. The molecule has 0 bridgehead atoms. The van der Waals surface area contributed by atoms with E-state index < -0.39 is 0 Å². The number of nitrogens with zero attached hydrogens (tertiary/aromatic N) is 18. The van der Waals surface area contributed by atoms with E-state index in [1.54, 1.807) is 60.6 Å². The van der Waals surface area contributed by atoms with Gasteiger partial charge in [-0.15, -0.1) is 0 Å². The largest absolute Gasteiger partial charge is 0.276 e. The maximum Gasteiger partial charge on any atom is 0.125 e. The minimum Gasteiger partial charge on any atom is -0.276 e. The third kappa shape index (κ3) is 74.0. The van der Waals surface area contributed by atoms with E-state index in [0.717, 1.165) is 97.1 Å². The van der Waals surface area contributed by atoms with Gasteiger partial charge in [-0.2, -0.15) is 5.10 Å². The van der Waals surface area contributed by atoms with Crippen LogP contribution in [0.1, 0.15) is 222 Å². The molecule has 89 heavy (non-hydrogen) atoms. The third-order valence-electron chi connectivity index (χ3n) is 8.13. The molecule has 0 fully saturated rings. The second kappa shape index (κ2) is 75.9. The molecule has 500 valence electrons. The summed E-state index contributed by atoms with van der Waals surface area (Å²) in [5.74, 6) is 3.33. The van der Waals surface area contributed by atoms with Crippen molar-refractivity contribution >= 4 is 0 Å². The quantitative estimate of drug-likeness (QED) is 0.138. The van der Waals surface area contributed by atoms with Crippen LogP contribution in [-0.4, -0.2) is 89.5 Å². The summed E-state index contributed by atoms with van der Waals surface area (Å²) in [6.07, 6.45) is 24.8. The highest BCUT2D eigenvalue weighted by atomic mass is 15.2. The summed E-state index contributed by atoms with van der Waals surface area (Å²) >= 11 is 0. The van der Waals surface area contributed by atoms with Crippen molar-refractivity contribution in [2.24, 2.45) is 7.05 Å². The maximum absolute atomic E-state index is 4.11. The zero-order valence-electron chi connectivity index (χ0n) is 62.9. The highest BCUT2D eigenvalue weighted by molar-refractivity contribution is 5.05. The van der Waals surface area contributed by atoms with Crippen LogP contribution < -0.4 is 0 Å². The normalized spacial score (nSPS) is 8.00. The number of rotatable bonds is 0. The fraction of sp³-hybridized carbons (Fsp3) is 0.507. The minimum atomic E-state index is 0.829. The zero-order chi connectivity index (χ0) is 71.1. The Morgan fingerprint density at radius 1 is 0.247 bits per heavy atom. The Labute approximate surface area is 544 Å². The van der Waals surface area contributed by atoms with Gasteiger partial charge in [-0.1, -0.05) is 125 Å². The summed E-state index contributed by atoms with van der Waals surface area (Å²) in [5.41, 5.74) is 13.2. The maximum atomic E-state index is 4.11. The van der Waals surface area contributed by atoms with E-state index >= 15 is 0 Å². The average molecular weight is 1230 g/mol. The lowest BCUT2D eigenvalue weighted by Gasteiger charge is -1.89. The molecule has 0 spiro atoms. The monoisotopic (exact) mass is 1230 g/mol. The van der Waals surface area contributed by atoms with Gasteiger partial charge in [-0.05, 0) is 153 Å². The number of aromatic nitrogens is 18. The molecule has 0 aromatic carbocycles. The van der Waals surface area contributed by atoms with Gasteiger partial charge in [-0.25, -0.2) is 49.8 Å². The van der Waals surface area contributed by atoms with E-state index in [0.29, 0.717) is 0 Å². The first kappa shape index (κ1) is 99.9. The molecule has 0 N–H and O–H groups in total. The van der Waals surface area contributed by atoms with Gasteiger partial charge in [0.05, 0.1) is 39.9 Å². The fourth-order valence-corrected chi connectivity index (χ4v) is 4.69. The van der Waals surface area contributed by atoms with Gasteiger partial charge in [0.25, 0.3) is 0 Å². The predicted molar refractivity (Wildman–Crippen MR) is 382 cm³/mol. The van der Waals surface area contributed by atoms with Crippen molar-refractivity contribution in [1.82, 2.24) is 89.5 Å². The molecular weight excluding hydrogens is 1100 g/mol. The molecular formula is C71H126N18. The molecule has 0 saturated carbocycles. The van der Waals surface area contributed by atoms with Crippen LogP contribution in [0.15, 0.2) is 111 Å². The van der Waals surface area contributed by atoms with Crippen molar-refractivity contribution in [3.05, 3.63) is 208 Å². The second-order valence-corrected chi connectivity index (χ2v) is 15.9.